The standard InChI is InChI=1S/C15H13ClN4O2/c16-13-3-1-11(2-4-13)9-19-20-14(21)10-18-15(22)12-5-7-17-8-6-12/h1-9H,10H2,(H,18,22)(H,20,21)/b19-9+. The average molecular weight is 317 g/mol. The van der Waals surface area contributed by atoms with E-state index >= 15 is 0 Å². The minimum atomic E-state index is -0.424. The zero-order valence-electron chi connectivity index (χ0n) is 11.5. The van der Waals surface area contributed by atoms with Crippen molar-refractivity contribution in [2.75, 3.05) is 6.54 Å². The minimum Gasteiger partial charge on any atom is -0.343 e. The van der Waals surface area contributed by atoms with Crippen LogP contribution in [0, 0.1) is 0 Å². The summed E-state index contributed by atoms with van der Waals surface area (Å²) in [5.74, 6) is -0.771. The fraction of sp³-hybridized carbons (Fsp3) is 0.0667. The van der Waals surface area contributed by atoms with Crippen molar-refractivity contribution in [3.8, 4) is 0 Å². The van der Waals surface area contributed by atoms with Crippen LogP contribution in [0.1, 0.15) is 15.9 Å². The Hall–Kier alpha value is -2.73. The van der Waals surface area contributed by atoms with Gasteiger partial charge < -0.3 is 5.32 Å². The van der Waals surface area contributed by atoms with Crippen LogP contribution in [-0.2, 0) is 4.79 Å². The highest BCUT2D eigenvalue weighted by Crippen LogP contribution is 2.07. The molecule has 0 unspecified atom stereocenters. The molecule has 2 rings (SSSR count). The molecule has 0 aliphatic rings. The molecule has 1 aromatic heterocycles. The van der Waals surface area contributed by atoms with Crippen molar-refractivity contribution in [3.63, 3.8) is 0 Å². The van der Waals surface area contributed by atoms with Gasteiger partial charge in [0.1, 0.15) is 0 Å². The first kappa shape index (κ1) is 15.7. The van der Waals surface area contributed by atoms with Crippen LogP contribution in [0.3, 0.4) is 0 Å². The molecular weight excluding hydrogens is 304 g/mol. The molecule has 112 valence electrons. The molecular formula is C15H13ClN4O2. The number of amides is 2. The number of nitrogens with zero attached hydrogens (tertiary/aromatic N) is 2. The number of nitrogens with one attached hydrogen (secondary N) is 2. The maximum atomic E-state index is 11.7. The summed E-state index contributed by atoms with van der Waals surface area (Å²) >= 11 is 5.76. The number of hydrogen-bond acceptors (Lipinski definition) is 4. The van der Waals surface area contributed by atoms with E-state index in [2.05, 4.69) is 20.8 Å². The minimum absolute atomic E-state index is 0.168. The Labute approximate surface area is 132 Å². The summed E-state index contributed by atoms with van der Waals surface area (Å²) in [6, 6.07) is 10.1. The van der Waals surface area contributed by atoms with Crippen LogP contribution in [0.2, 0.25) is 5.02 Å². The Morgan fingerprint density at radius 1 is 1.14 bits per heavy atom. The van der Waals surface area contributed by atoms with E-state index in [0.717, 1.165) is 5.56 Å². The van der Waals surface area contributed by atoms with Crippen LogP contribution in [0.15, 0.2) is 53.9 Å². The number of aromatic nitrogens is 1. The molecule has 6 nitrogen and oxygen atoms in total. The van der Waals surface area contributed by atoms with Crippen molar-refractivity contribution in [1.82, 2.24) is 15.7 Å². The molecule has 0 spiro atoms. The number of hydrazone groups is 1. The van der Waals surface area contributed by atoms with Crippen molar-refractivity contribution in [2.45, 2.75) is 0 Å². The molecule has 7 heteroatoms. The number of carbonyl (C=O) groups is 2. The molecule has 1 aromatic carbocycles. The van der Waals surface area contributed by atoms with Crippen molar-refractivity contribution in [3.05, 3.63) is 64.9 Å². The highest BCUT2D eigenvalue weighted by atomic mass is 35.5. The van der Waals surface area contributed by atoms with Gasteiger partial charge in [0.2, 0.25) is 0 Å². The first-order valence-electron chi connectivity index (χ1n) is 6.41. The number of rotatable bonds is 5. The molecule has 0 aliphatic heterocycles. The Morgan fingerprint density at radius 2 is 1.82 bits per heavy atom. The van der Waals surface area contributed by atoms with Gasteiger partial charge in [-0.3, -0.25) is 14.6 Å². The van der Waals surface area contributed by atoms with Gasteiger partial charge in [0.05, 0.1) is 12.8 Å². The molecule has 22 heavy (non-hydrogen) atoms. The molecule has 2 N–H and O–H groups in total. The van der Waals surface area contributed by atoms with Crippen molar-refractivity contribution in [1.29, 1.82) is 0 Å². The molecule has 0 atom stereocenters. The van der Waals surface area contributed by atoms with E-state index in [9.17, 15) is 9.59 Å². The lowest BCUT2D eigenvalue weighted by Crippen LogP contribution is -2.34. The topological polar surface area (TPSA) is 83.5 Å². The van der Waals surface area contributed by atoms with E-state index < -0.39 is 5.91 Å². The maximum absolute atomic E-state index is 11.7. The quantitative estimate of drug-likeness (QED) is 0.649. The first-order valence-corrected chi connectivity index (χ1v) is 6.78. The summed E-state index contributed by atoms with van der Waals surface area (Å²) < 4.78 is 0. The van der Waals surface area contributed by atoms with Crippen molar-refractivity contribution in [2.24, 2.45) is 5.10 Å². The Kier molecular flexibility index (Phi) is 5.62. The zero-order valence-corrected chi connectivity index (χ0v) is 12.2. The lowest BCUT2D eigenvalue weighted by atomic mass is 10.2. The third-order valence-electron chi connectivity index (χ3n) is 2.62. The summed E-state index contributed by atoms with van der Waals surface area (Å²) in [6.07, 6.45) is 4.50. The highest BCUT2D eigenvalue weighted by Gasteiger charge is 2.06. The molecule has 1 heterocycles. The summed E-state index contributed by atoms with van der Waals surface area (Å²) in [6.45, 7) is -0.168. The van der Waals surface area contributed by atoms with E-state index in [1.165, 1.54) is 18.6 Å². The third kappa shape index (κ3) is 4.99. The summed E-state index contributed by atoms with van der Waals surface area (Å²) in [5.41, 5.74) is 3.56. The molecule has 0 bridgehead atoms. The first-order chi connectivity index (χ1) is 10.6. The number of halogens is 1. The normalized spacial score (nSPS) is 10.4. The molecule has 0 aliphatic carbocycles. The second kappa shape index (κ2) is 7.90. The number of benzene rings is 1. The Morgan fingerprint density at radius 3 is 2.50 bits per heavy atom. The smallest absolute Gasteiger partial charge is 0.259 e. The summed E-state index contributed by atoms with van der Waals surface area (Å²) in [4.78, 5) is 27.1. The fourth-order valence-corrected chi connectivity index (χ4v) is 1.66. The van der Waals surface area contributed by atoms with E-state index in [-0.39, 0.29) is 12.5 Å². The van der Waals surface area contributed by atoms with E-state index in [0.29, 0.717) is 10.6 Å². The second-order valence-corrected chi connectivity index (χ2v) is 4.70. The van der Waals surface area contributed by atoms with Crippen LogP contribution in [0.4, 0.5) is 0 Å². The third-order valence-corrected chi connectivity index (χ3v) is 2.88. The highest BCUT2D eigenvalue weighted by molar-refractivity contribution is 6.30. The van der Waals surface area contributed by atoms with Crippen molar-refractivity contribution < 1.29 is 9.59 Å². The van der Waals surface area contributed by atoms with Gasteiger partial charge in [0.25, 0.3) is 11.8 Å². The Balaban J connectivity index is 1.76. The van der Waals surface area contributed by atoms with Gasteiger partial charge in [-0.25, -0.2) is 5.43 Å². The second-order valence-electron chi connectivity index (χ2n) is 4.26. The summed E-state index contributed by atoms with van der Waals surface area (Å²) in [5, 5.41) is 6.90. The SMILES string of the molecule is O=C(CNC(=O)c1ccncc1)N/N=C/c1ccc(Cl)cc1. The van der Waals surface area contributed by atoms with Gasteiger partial charge >= 0.3 is 0 Å². The van der Waals surface area contributed by atoms with E-state index in [4.69, 9.17) is 11.6 Å². The van der Waals surface area contributed by atoms with Crippen molar-refractivity contribution >= 4 is 29.6 Å². The number of carbonyl (C=O) groups excluding carboxylic acids is 2. The van der Waals surface area contributed by atoms with Crippen LogP contribution in [-0.4, -0.2) is 29.6 Å². The van der Waals surface area contributed by atoms with Gasteiger partial charge in [0, 0.05) is 23.0 Å². The van der Waals surface area contributed by atoms with Crippen LogP contribution in [0.5, 0.6) is 0 Å². The molecule has 2 amide bonds. The average Bonchev–Trinajstić information content (AvgIpc) is 2.55. The van der Waals surface area contributed by atoms with Gasteiger partial charge in [-0.2, -0.15) is 5.10 Å². The Bertz CT molecular complexity index is 672. The maximum Gasteiger partial charge on any atom is 0.259 e. The predicted octanol–water partition coefficient (Wildman–Crippen LogP) is 1.62. The van der Waals surface area contributed by atoms with Gasteiger partial charge in [-0.15, -0.1) is 0 Å². The lowest BCUT2D eigenvalue weighted by molar-refractivity contribution is -0.120. The predicted molar refractivity (Wildman–Crippen MR) is 83.8 cm³/mol. The summed E-state index contributed by atoms with van der Waals surface area (Å²) in [7, 11) is 0. The largest absolute Gasteiger partial charge is 0.343 e. The van der Waals surface area contributed by atoms with Crippen LogP contribution < -0.4 is 10.7 Å². The zero-order chi connectivity index (χ0) is 15.8. The van der Waals surface area contributed by atoms with Gasteiger partial charge in [0.15, 0.2) is 0 Å². The van der Waals surface area contributed by atoms with Crippen LogP contribution >= 0.6 is 11.6 Å². The molecule has 2 aromatic rings. The number of pyridine rings is 1. The monoisotopic (exact) mass is 316 g/mol. The number of hydrogen-bond donors (Lipinski definition) is 2. The molecule has 0 saturated heterocycles. The van der Waals surface area contributed by atoms with E-state index in [1.807, 2.05) is 0 Å². The molecule has 0 saturated carbocycles. The van der Waals surface area contributed by atoms with Gasteiger partial charge in [-0.05, 0) is 29.8 Å². The lowest BCUT2D eigenvalue weighted by Gasteiger charge is -2.03. The van der Waals surface area contributed by atoms with Crippen LogP contribution in [0.25, 0.3) is 0 Å². The van der Waals surface area contributed by atoms with E-state index in [1.54, 1.807) is 36.4 Å². The molecule has 0 radical (unpaired) electrons. The van der Waals surface area contributed by atoms with Gasteiger partial charge in [-0.1, -0.05) is 23.7 Å². The fourth-order valence-electron chi connectivity index (χ4n) is 1.53. The molecule has 0 fully saturated rings.